The summed E-state index contributed by atoms with van der Waals surface area (Å²) >= 11 is 0. The van der Waals surface area contributed by atoms with Crippen LogP contribution in [0.4, 0.5) is 0 Å². The van der Waals surface area contributed by atoms with Crippen molar-refractivity contribution in [2.75, 3.05) is 6.61 Å². The molecule has 3 atom stereocenters. The summed E-state index contributed by atoms with van der Waals surface area (Å²) in [5.41, 5.74) is 0. The van der Waals surface area contributed by atoms with Gasteiger partial charge in [0.2, 0.25) is 5.91 Å². The van der Waals surface area contributed by atoms with Crippen molar-refractivity contribution in [3.05, 3.63) is 36.5 Å². The zero-order valence-electron chi connectivity index (χ0n) is 40.1. The summed E-state index contributed by atoms with van der Waals surface area (Å²) in [6.07, 6.45) is 56.3. The molecule has 0 fully saturated rings. The maximum Gasteiger partial charge on any atom is 0.306 e. The summed E-state index contributed by atoms with van der Waals surface area (Å²) in [6.45, 7) is 6.38. The Kier molecular flexibility index (Phi) is 46.6. The van der Waals surface area contributed by atoms with Crippen molar-refractivity contribution >= 4 is 11.9 Å². The van der Waals surface area contributed by atoms with Crippen LogP contribution in [0.25, 0.3) is 0 Å². The highest BCUT2D eigenvalue weighted by molar-refractivity contribution is 5.77. The summed E-state index contributed by atoms with van der Waals surface area (Å²) in [4.78, 5) is 26.1. The van der Waals surface area contributed by atoms with E-state index in [2.05, 4.69) is 62.5 Å². The van der Waals surface area contributed by atoms with Crippen LogP contribution in [0.2, 0.25) is 0 Å². The first-order valence-corrected chi connectivity index (χ1v) is 26.2. The van der Waals surface area contributed by atoms with Crippen LogP contribution in [-0.4, -0.2) is 46.9 Å². The van der Waals surface area contributed by atoms with Crippen molar-refractivity contribution in [2.45, 2.75) is 289 Å². The van der Waals surface area contributed by atoms with Crippen molar-refractivity contribution in [1.82, 2.24) is 5.32 Å². The number of aliphatic hydroxyl groups is 2. The third-order valence-corrected chi connectivity index (χ3v) is 12.0. The topological polar surface area (TPSA) is 95.9 Å². The second kappa shape index (κ2) is 48.1. The van der Waals surface area contributed by atoms with E-state index in [-0.39, 0.29) is 24.9 Å². The minimum Gasteiger partial charge on any atom is -0.462 e. The van der Waals surface area contributed by atoms with E-state index in [9.17, 15) is 19.8 Å². The van der Waals surface area contributed by atoms with E-state index in [1.54, 1.807) is 0 Å². The normalized spacial score (nSPS) is 13.5. The van der Waals surface area contributed by atoms with Gasteiger partial charge in [-0.3, -0.25) is 9.59 Å². The predicted octanol–water partition coefficient (Wildman–Crippen LogP) is 15.7. The standard InChI is InChI=1S/C54H101NO5/c1-4-7-10-13-16-19-22-24-26-27-29-32-34-37-40-43-46-52(57)51(49-56)55-53(58)48-50(45-42-39-36-33-31-28-25-23-20-17-14-11-8-5-2)60-54(59)47-44-41-38-35-30-21-18-15-12-9-6-3/h8,11,17,20,25,28,50-52,56-57H,4-7,9-10,12-16,18-19,21-24,26-27,29-49H2,1-3H3,(H,55,58)/b11-8+,20-17+,28-25+. The fraction of sp³-hybridized carbons (Fsp3) is 0.852. The zero-order valence-corrected chi connectivity index (χ0v) is 40.1. The molecular weight excluding hydrogens is 743 g/mol. The average Bonchev–Trinajstić information content (AvgIpc) is 3.24. The first-order valence-electron chi connectivity index (χ1n) is 26.2. The van der Waals surface area contributed by atoms with E-state index >= 15 is 0 Å². The number of hydrogen-bond acceptors (Lipinski definition) is 5. The van der Waals surface area contributed by atoms with Crippen LogP contribution in [0.3, 0.4) is 0 Å². The number of carbonyl (C=O) groups excluding carboxylic acids is 2. The van der Waals surface area contributed by atoms with Crippen molar-refractivity contribution in [1.29, 1.82) is 0 Å². The highest BCUT2D eigenvalue weighted by atomic mass is 16.5. The van der Waals surface area contributed by atoms with E-state index in [1.165, 1.54) is 141 Å². The van der Waals surface area contributed by atoms with E-state index in [0.717, 1.165) is 83.5 Å². The van der Waals surface area contributed by atoms with Crippen LogP contribution in [0, 0.1) is 0 Å². The van der Waals surface area contributed by atoms with E-state index in [4.69, 9.17) is 4.74 Å². The lowest BCUT2D eigenvalue weighted by Gasteiger charge is -2.24. The maximum atomic E-state index is 13.2. The number of rotatable bonds is 47. The number of hydrogen-bond donors (Lipinski definition) is 3. The Morgan fingerprint density at radius 1 is 0.500 bits per heavy atom. The third kappa shape index (κ3) is 42.8. The molecule has 0 heterocycles. The Balaban J connectivity index is 4.53. The quantitative estimate of drug-likeness (QED) is 0.0322. The zero-order chi connectivity index (χ0) is 43.8. The average molecular weight is 844 g/mol. The maximum absolute atomic E-state index is 13.2. The number of amides is 1. The van der Waals surface area contributed by atoms with Gasteiger partial charge in [0.15, 0.2) is 0 Å². The van der Waals surface area contributed by atoms with Gasteiger partial charge >= 0.3 is 5.97 Å². The van der Waals surface area contributed by atoms with E-state index in [0.29, 0.717) is 19.3 Å². The summed E-state index contributed by atoms with van der Waals surface area (Å²) in [5.74, 6) is -0.486. The summed E-state index contributed by atoms with van der Waals surface area (Å²) in [7, 11) is 0. The molecule has 0 rings (SSSR count). The lowest BCUT2D eigenvalue weighted by molar-refractivity contribution is -0.151. The van der Waals surface area contributed by atoms with Gasteiger partial charge in [-0.2, -0.15) is 0 Å². The van der Waals surface area contributed by atoms with Gasteiger partial charge in [0.05, 0.1) is 25.2 Å². The van der Waals surface area contributed by atoms with Gasteiger partial charge in [0, 0.05) is 6.42 Å². The Hall–Kier alpha value is -1.92. The molecule has 0 spiro atoms. The Bertz CT molecular complexity index is 993. The van der Waals surface area contributed by atoms with Crippen LogP contribution >= 0.6 is 0 Å². The molecule has 0 aliphatic rings. The molecule has 0 saturated heterocycles. The minimum absolute atomic E-state index is 0.0662. The summed E-state index contributed by atoms with van der Waals surface area (Å²) in [6, 6.07) is -0.706. The molecule has 3 unspecified atom stereocenters. The Morgan fingerprint density at radius 2 is 0.900 bits per heavy atom. The molecule has 0 aliphatic heterocycles. The van der Waals surface area contributed by atoms with Gasteiger partial charge in [-0.1, -0.05) is 237 Å². The number of allylic oxidation sites excluding steroid dienone is 6. The molecule has 352 valence electrons. The molecule has 60 heavy (non-hydrogen) atoms. The molecule has 0 aliphatic carbocycles. The number of nitrogens with one attached hydrogen (secondary N) is 1. The minimum atomic E-state index is -0.791. The van der Waals surface area contributed by atoms with Crippen LogP contribution in [-0.2, 0) is 14.3 Å². The molecule has 3 N–H and O–H groups in total. The third-order valence-electron chi connectivity index (χ3n) is 12.0. The van der Waals surface area contributed by atoms with Gasteiger partial charge in [0.1, 0.15) is 6.10 Å². The molecule has 6 nitrogen and oxygen atoms in total. The van der Waals surface area contributed by atoms with Crippen LogP contribution in [0.5, 0.6) is 0 Å². The number of carbonyl (C=O) groups is 2. The summed E-state index contributed by atoms with van der Waals surface area (Å²) < 4.78 is 5.92. The van der Waals surface area contributed by atoms with Crippen LogP contribution < -0.4 is 5.32 Å². The Labute approximate surface area is 373 Å². The molecule has 0 radical (unpaired) electrons. The SMILES string of the molecule is CC/C=C/C/C=C/C/C=C/CCCCCCC(CC(=O)NC(CO)C(O)CCCCCCCCCCCCCCCCCC)OC(=O)CCCCCCCCCCCCC. The van der Waals surface area contributed by atoms with Gasteiger partial charge in [-0.05, 0) is 57.8 Å². The van der Waals surface area contributed by atoms with Crippen molar-refractivity contribution in [3.63, 3.8) is 0 Å². The molecular formula is C54H101NO5. The number of aliphatic hydroxyl groups excluding tert-OH is 2. The number of unbranched alkanes of at least 4 members (excludes halogenated alkanes) is 29. The molecule has 1 amide bonds. The van der Waals surface area contributed by atoms with Crippen molar-refractivity contribution < 1.29 is 24.5 Å². The molecule has 0 bridgehead atoms. The number of esters is 1. The fourth-order valence-electron chi connectivity index (χ4n) is 8.03. The first kappa shape index (κ1) is 58.1. The van der Waals surface area contributed by atoms with Gasteiger partial charge in [0.25, 0.3) is 0 Å². The molecule has 0 aromatic rings. The van der Waals surface area contributed by atoms with Gasteiger partial charge in [-0.15, -0.1) is 0 Å². The van der Waals surface area contributed by atoms with Gasteiger partial charge in [-0.25, -0.2) is 0 Å². The molecule has 0 aromatic carbocycles. The van der Waals surface area contributed by atoms with Crippen LogP contribution in [0.1, 0.15) is 271 Å². The fourth-order valence-corrected chi connectivity index (χ4v) is 8.03. The first-order chi connectivity index (χ1) is 29.5. The lowest BCUT2D eigenvalue weighted by Crippen LogP contribution is -2.46. The largest absolute Gasteiger partial charge is 0.462 e. The molecule has 6 heteroatoms. The second-order valence-corrected chi connectivity index (χ2v) is 17.9. The lowest BCUT2D eigenvalue weighted by atomic mass is 10.0. The summed E-state index contributed by atoms with van der Waals surface area (Å²) in [5, 5.41) is 23.8. The Morgan fingerprint density at radius 3 is 1.37 bits per heavy atom. The predicted molar refractivity (Wildman–Crippen MR) is 259 cm³/mol. The van der Waals surface area contributed by atoms with Crippen LogP contribution in [0.15, 0.2) is 36.5 Å². The number of ether oxygens (including phenoxy) is 1. The van der Waals surface area contributed by atoms with Crippen molar-refractivity contribution in [2.24, 2.45) is 0 Å². The highest BCUT2D eigenvalue weighted by Crippen LogP contribution is 2.18. The van der Waals surface area contributed by atoms with E-state index < -0.39 is 18.2 Å². The second-order valence-electron chi connectivity index (χ2n) is 17.9. The molecule has 0 saturated carbocycles. The van der Waals surface area contributed by atoms with Crippen molar-refractivity contribution in [3.8, 4) is 0 Å². The molecule has 0 aromatic heterocycles. The van der Waals surface area contributed by atoms with E-state index in [1.807, 2.05) is 0 Å². The monoisotopic (exact) mass is 844 g/mol. The highest BCUT2D eigenvalue weighted by Gasteiger charge is 2.24. The van der Waals surface area contributed by atoms with Gasteiger partial charge < -0.3 is 20.3 Å². The smallest absolute Gasteiger partial charge is 0.306 e.